The van der Waals surface area contributed by atoms with E-state index < -0.39 is 0 Å². The van der Waals surface area contributed by atoms with Crippen molar-refractivity contribution < 1.29 is 14.3 Å². The monoisotopic (exact) mass is 369 g/mol. The standard InChI is InChI=1S/C19H23N5O3/c1-14(25)23-9-11-24(12-10-23)18-8-7-17(21-22-18)19(26)20-13-15-3-5-16(27-2)6-4-15/h3-8H,9-13H2,1-2H3,(H,20,26). The molecule has 2 heterocycles. The maximum absolute atomic E-state index is 12.3. The number of methoxy groups -OCH3 is 1. The summed E-state index contributed by atoms with van der Waals surface area (Å²) in [4.78, 5) is 27.5. The van der Waals surface area contributed by atoms with Crippen LogP contribution in [0.2, 0.25) is 0 Å². The van der Waals surface area contributed by atoms with Gasteiger partial charge in [0.05, 0.1) is 7.11 Å². The van der Waals surface area contributed by atoms with Gasteiger partial charge in [0.15, 0.2) is 11.5 Å². The third-order valence-electron chi connectivity index (χ3n) is 4.54. The summed E-state index contributed by atoms with van der Waals surface area (Å²) in [6.45, 7) is 4.73. The molecule has 0 radical (unpaired) electrons. The van der Waals surface area contributed by atoms with Crippen LogP contribution in [0.5, 0.6) is 5.75 Å². The molecule has 3 rings (SSSR count). The number of carbonyl (C=O) groups excluding carboxylic acids is 2. The first-order valence-corrected chi connectivity index (χ1v) is 8.82. The smallest absolute Gasteiger partial charge is 0.272 e. The van der Waals surface area contributed by atoms with Crippen LogP contribution in [0.1, 0.15) is 23.0 Å². The van der Waals surface area contributed by atoms with Gasteiger partial charge in [0.25, 0.3) is 5.91 Å². The van der Waals surface area contributed by atoms with Gasteiger partial charge in [-0.05, 0) is 29.8 Å². The molecule has 27 heavy (non-hydrogen) atoms. The molecule has 0 bridgehead atoms. The van der Waals surface area contributed by atoms with Gasteiger partial charge in [-0.3, -0.25) is 9.59 Å². The van der Waals surface area contributed by atoms with Crippen molar-refractivity contribution in [3.8, 4) is 5.75 Å². The molecule has 1 aliphatic heterocycles. The fraction of sp³-hybridized carbons (Fsp3) is 0.368. The summed E-state index contributed by atoms with van der Waals surface area (Å²) in [6, 6.07) is 11.0. The Labute approximate surface area is 158 Å². The van der Waals surface area contributed by atoms with Crippen LogP contribution < -0.4 is 15.0 Å². The van der Waals surface area contributed by atoms with Gasteiger partial charge in [0.1, 0.15) is 5.75 Å². The number of amides is 2. The second-order valence-electron chi connectivity index (χ2n) is 6.30. The molecule has 142 valence electrons. The number of anilines is 1. The minimum Gasteiger partial charge on any atom is -0.497 e. The molecule has 1 aliphatic rings. The molecule has 1 aromatic carbocycles. The van der Waals surface area contributed by atoms with Gasteiger partial charge in [-0.1, -0.05) is 12.1 Å². The molecule has 1 N–H and O–H groups in total. The van der Waals surface area contributed by atoms with Crippen molar-refractivity contribution in [3.63, 3.8) is 0 Å². The van der Waals surface area contributed by atoms with Crippen molar-refractivity contribution in [3.05, 3.63) is 47.7 Å². The van der Waals surface area contributed by atoms with E-state index in [-0.39, 0.29) is 17.5 Å². The Morgan fingerprint density at radius 1 is 1.04 bits per heavy atom. The third-order valence-corrected chi connectivity index (χ3v) is 4.54. The number of aromatic nitrogens is 2. The Morgan fingerprint density at radius 2 is 1.74 bits per heavy atom. The lowest BCUT2D eigenvalue weighted by Crippen LogP contribution is -2.48. The quantitative estimate of drug-likeness (QED) is 0.849. The topological polar surface area (TPSA) is 87.7 Å². The van der Waals surface area contributed by atoms with E-state index in [1.165, 1.54) is 0 Å². The summed E-state index contributed by atoms with van der Waals surface area (Å²) >= 11 is 0. The van der Waals surface area contributed by atoms with E-state index in [0.717, 1.165) is 11.3 Å². The summed E-state index contributed by atoms with van der Waals surface area (Å²) in [7, 11) is 1.61. The molecular formula is C19H23N5O3. The highest BCUT2D eigenvalue weighted by atomic mass is 16.5. The summed E-state index contributed by atoms with van der Waals surface area (Å²) in [6.07, 6.45) is 0. The van der Waals surface area contributed by atoms with Crippen LogP contribution in [0.3, 0.4) is 0 Å². The van der Waals surface area contributed by atoms with Gasteiger partial charge in [-0.25, -0.2) is 0 Å². The van der Waals surface area contributed by atoms with Crippen molar-refractivity contribution >= 4 is 17.6 Å². The largest absolute Gasteiger partial charge is 0.497 e. The molecule has 1 aromatic heterocycles. The van der Waals surface area contributed by atoms with Crippen LogP contribution in [0.15, 0.2) is 36.4 Å². The Hall–Kier alpha value is -3.16. The van der Waals surface area contributed by atoms with Crippen molar-refractivity contribution in [1.29, 1.82) is 0 Å². The van der Waals surface area contributed by atoms with Crippen LogP contribution in [-0.2, 0) is 11.3 Å². The fourth-order valence-electron chi connectivity index (χ4n) is 2.88. The molecule has 2 amide bonds. The fourth-order valence-corrected chi connectivity index (χ4v) is 2.88. The van der Waals surface area contributed by atoms with E-state index >= 15 is 0 Å². The predicted molar refractivity (Wildman–Crippen MR) is 101 cm³/mol. The van der Waals surface area contributed by atoms with Crippen LogP contribution in [0.4, 0.5) is 5.82 Å². The zero-order valence-electron chi connectivity index (χ0n) is 15.5. The molecule has 0 spiro atoms. The van der Waals surface area contributed by atoms with Crippen LogP contribution in [0.25, 0.3) is 0 Å². The highest BCUT2D eigenvalue weighted by Gasteiger charge is 2.20. The molecule has 1 saturated heterocycles. The summed E-state index contributed by atoms with van der Waals surface area (Å²) < 4.78 is 5.11. The second kappa shape index (κ2) is 8.48. The van der Waals surface area contributed by atoms with E-state index in [0.29, 0.717) is 38.5 Å². The lowest BCUT2D eigenvalue weighted by atomic mass is 10.2. The highest BCUT2D eigenvalue weighted by molar-refractivity contribution is 5.92. The lowest BCUT2D eigenvalue weighted by molar-refractivity contribution is -0.129. The maximum atomic E-state index is 12.3. The third kappa shape index (κ3) is 4.72. The zero-order valence-corrected chi connectivity index (χ0v) is 15.5. The van der Waals surface area contributed by atoms with E-state index in [2.05, 4.69) is 20.4 Å². The molecule has 0 aliphatic carbocycles. The van der Waals surface area contributed by atoms with E-state index in [1.54, 1.807) is 26.2 Å². The van der Waals surface area contributed by atoms with Gasteiger partial charge in [0, 0.05) is 39.6 Å². The first-order valence-electron chi connectivity index (χ1n) is 8.82. The van der Waals surface area contributed by atoms with E-state index in [1.807, 2.05) is 29.2 Å². The first-order chi connectivity index (χ1) is 13.1. The summed E-state index contributed by atoms with van der Waals surface area (Å²) in [5.74, 6) is 1.30. The van der Waals surface area contributed by atoms with Crippen LogP contribution in [0, 0.1) is 0 Å². The summed E-state index contributed by atoms with van der Waals surface area (Å²) in [5, 5.41) is 11.0. The number of ether oxygens (including phenoxy) is 1. The number of nitrogens with one attached hydrogen (secondary N) is 1. The maximum Gasteiger partial charge on any atom is 0.272 e. The van der Waals surface area contributed by atoms with Crippen LogP contribution >= 0.6 is 0 Å². The molecule has 8 heteroatoms. The molecule has 1 fully saturated rings. The summed E-state index contributed by atoms with van der Waals surface area (Å²) in [5.41, 5.74) is 1.24. The Balaban J connectivity index is 1.53. The van der Waals surface area contributed by atoms with Gasteiger partial charge in [0.2, 0.25) is 5.91 Å². The molecule has 2 aromatic rings. The highest BCUT2D eigenvalue weighted by Crippen LogP contribution is 2.14. The number of hydrogen-bond donors (Lipinski definition) is 1. The minimum atomic E-state index is -0.272. The lowest BCUT2D eigenvalue weighted by Gasteiger charge is -2.34. The molecule has 0 atom stereocenters. The number of rotatable bonds is 5. The average molecular weight is 369 g/mol. The predicted octanol–water partition coefficient (Wildman–Crippen LogP) is 1.08. The van der Waals surface area contributed by atoms with E-state index in [4.69, 9.17) is 4.74 Å². The van der Waals surface area contributed by atoms with Crippen LogP contribution in [-0.4, -0.2) is 60.2 Å². The molecule has 0 saturated carbocycles. The minimum absolute atomic E-state index is 0.0876. The normalized spacial score (nSPS) is 14.0. The first kappa shape index (κ1) is 18.6. The van der Waals surface area contributed by atoms with Crippen molar-refractivity contribution in [1.82, 2.24) is 20.4 Å². The number of nitrogens with zero attached hydrogens (tertiary/aromatic N) is 4. The number of piperazine rings is 1. The van der Waals surface area contributed by atoms with Gasteiger partial charge in [-0.2, -0.15) is 0 Å². The Kier molecular flexibility index (Phi) is 5.85. The van der Waals surface area contributed by atoms with Crippen molar-refractivity contribution in [2.75, 3.05) is 38.2 Å². The van der Waals surface area contributed by atoms with Crippen molar-refractivity contribution in [2.24, 2.45) is 0 Å². The van der Waals surface area contributed by atoms with Gasteiger partial charge >= 0.3 is 0 Å². The molecule has 0 unspecified atom stereocenters. The average Bonchev–Trinajstić information content (AvgIpc) is 2.72. The number of carbonyl (C=O) groups is 2. The Bertz CT molecular complexity index is 784. The number of hydrogen-bond acceptors (Lipinski definition) is 6. The van der Waals surface area contributed by atoms with Crippen molar-refractivity contribution in [2.45, 2.75) is 13.5 Å². The second-order valence-corrected chi connectivity index (χ2v) is 6.30. The zero-order chi connectivity index (χ0) is 19.2. The molecule has 8 nitrogen and oxygen atoms in total. The van der Waals surface area contributed by atoms with E-state index in [9.17, 15) is 9.59 Å². The van der Waals surface area contributed by atoms with Gasteiger partial charge in [-0.15, -0.1) is 10.2 Å². The SMILES string of the molecule is COc1ccc(CNC(=O)c2ccc(N3CCN(C(C)=O)CC3)nn2)cc1. The Morgan fingerprint density at radius 3 is 2.30 bits per heavy atom. The van der Waals surface area contributed by atoms with Gasteiger partial charge < -0.3 is 19.9 Å². The number of benzene rings is 1. The molecular weight excluding hydrogens is 346 g/mol.